The van der Waals surface area contributed by atoms with E-state index >= 15 is 0 Å². The molecule has 0 amide bonds. The molecule has 2 aromatic carbocycles. The molecular weight excluding hydrogens is 332 g/mol. The Balaban J connectivity index is 2.10. The van der Waals surface area contributed by atoms with Gasteiger partial charge in [0, 0.05) is 6.07 Å². The molecule has 2 rings (SSSR count). The molecule has 110 valence electrons. The molecule has 0 aromatic heterocycles. The van der Waals surface area contributed by atoms with Crippen molar-refractivity contribution in [3.8, 4) is 11.5 Å². The van der Waals surface area contributed by atoms with Crippen LogP contribution in [-0.4, -0.2) is 18.2 Å². The standard InChI is InChI=1S/C17H17BrO3/c1-12-3-5-13(6-4-12)11-21-14-7-8-15(16(19)10-18)17(9-14)20-2/h3-9H,10-11H2,1-2H3. The van der Waals surface area contributed by atoms with E-state index in [1.54, 1.807) is 25.3 Å². The summed E-state index contributed by atoms with van der Waals surface area (Å²) in [5.41, 5.74) is 2.87. The number of halogens is 1. The first-order valence-electron chi connectivity index (χ1n) is 6.59. The Labute approximate surface area is 133 Å². The van der Waals surface area contributed by atoms with Crippen LogP contribution in [-0.2, 0) is 6.61 Å². The highest BCUT2D eigenvalue weighted by Gasteiger charge is 2.12. The molecular formula is C17H17BrO3. The number of hydrogen-bond acceptors (Lipinski definition) is 3. The van der Waals surface area contributed by atoms with E-state index in [9.17, 15) is 4.79 Å². The number of Topliss-reactive ketones (excluding diaryl/α,β-unsaturated/α-hetero) is 1. The smallest absolute Gasteiger partial charge is 0.177 e. The largest absolute Gasteiger partial charge is 0.496 e. The van der Waals surface area contributed by atoms with Crippen molar-refractivity contribution < 1.29 is 14.3 Å². The predicted octanol–water partition coefficient (Wildman–Crippen LogP) is 4.16. The number of benzene rings is 2. The Morgan fingerprint density at radius 3 is 2.48 bits per heavy atom. The lowest BCUT2D eigenvalue weighted by Crippen LogP contribution is -2.04. The van der Waals surface area contributed by atoms with Crippen LogP contribution in [0.1, 0.15) is 21.5 Å². The van der Waals surface area contributed by atoms with Gasteiger partial charge in [-0.3, -0.25) is 4.79 Å². The average Bonchev–Trinajstić information content (AvgIpc) is 2.53. The van der Waals surface area contributed by atoms with Gasteiger partial charge in [0.05, 0.1) is 18.0 Å². The molecule has 0 saturated heterocycles. The van der Waals surface area contributed by atoms with Crippen LogP contribution in [0.25, 0.3) is 0 Å². The summed E-state index contributed by atoms with van der Waals surface area (Å²) in [5.74, 6) is 1.19. The molecule has 0 aliphatic carbocycles. The zero-order chi connectivity index (χ0) is 15.2. The maximum Gasteiger partial charge on any atom is 0.177 e. The average molecular weight is 349 g/mol. The van der Waals surface area contributed by atoms with Crippen molar-refractivity contribution in [1.82, 2.24) is 0 Å². The molecule has 0 heterocycles. The fraction of sp³-hybridized carbons (Fsp3) is 0.235. The van der Waals surface area contributed by atoms with Crippen LogP contribution in [0.15, 0.2) is 42.5 Å². The van der Waals surface area contributed by atoms with E-state index in [0.717, 1.165) is 5.56 Å². The second-order valence-electron chi connectivity index (χ2n) is 4.69. The molecule has 0 N–H and O–H groups in total. The van der Waals surface area contributed by atoms with Crippen LogP contribution < -0.4 is 9.47 Å². The van der Waals surface area contributed by atoms with Gasteiger partial charge in [0.25, 0.3) is 0 Å². The Hall–Kier alpha value is -1.81. The molecule has 0 radical (unpaired) electrons. The minimum Gasteiger partial charge on any atom is -0.496 e. The van der Waals surface area contributed by atoms with Crippen molar-refractivity contribution in [3.05, 3.63) is 59.2 Å². The number of carbonyl (C=O) groups is 1. The minimum absolute atomic E-state index is 0.0167. The third-order valence-electron chi connectivity index (χ3n) is 3.12. The normalized spacial score (nSPS) is 10.2. The highest BCUT2D eigenvalue weighted by atomic mass is 79.9. The maximum atomic E-state index is 11.7. The molecule has 4 heteroatoms. The minimum atomic E-state index is -0.0167. The Morgan fingerprint density at radius 2 is 1.86 bits per heavy atom. The number of ether oxygens (including phenoxy) is 2. The van der Waals surface area contributed by atoms with Gasteiger partial charge in [0.15, 0.2) is 5.78 Å². The van der Waals surface area contributed by atoms with Crippen molar-refractivity contribution in [2.24, 2.45) is 0 Å². The van der Waals surface area contributed by atoms with Crippen LogP contribution in [0.2, 0.25) is 0 Å². The van der Waals surface area contributed by atoms with Gasteiger partial charge in [-0.15, -0.1) is 0 Å². The maximum absolute atomic E-state index is 11.7. The van der Waals surface area contributed by atoms with Gasteiger partial charge in [0.2, 0.25) is 0 Å². The lowest BCUT2D eigenvalue weighted by Gasteiger charge is -2.11. The second-order valence-corrected chi connectivity index (χ2v) is 5.25. The van der Waals surface area contributed by atoms with Crippen molar-refractivity contribution in [1.29, 1.82) is 0 Å². The van der Waals surface area contributed by atoms with Gasteiger partial charge in [-0.2, -0.15) is 0 Å². The zero-order valence-electron chi connectivity index (χ0n) is 12.1. The number of methoxy groups -OCH3 is 1. The van der Waals surface area contributed by atoms with Crippen LogP contribution in [0.4, 0.5) is 0 Å². The highest BCUT2D eigenvalue weighted by molar-refractivity contribution is 9.09. The quantitative estimate of drug-likeness (QED) is 0.580. The number of hydrogen-bond donors (Lipinski definition) is 0. The van der Waals surface area contributed by atoms with E-state index in [1.807, 2.05) is 12.1 Å². The van der Waals surface area contributed by atoms with E-state index < -0.39 is 0 Å². The van der Waals surface area contributed by atoms with Gasteiger partial charge >= 0.3 is 0 Å². The van der Waals surface area contributed by atoms with Crippen molar-refractivity contribution in [2.45, 2.75) is 13.5 Å². The first kappa shape index (κ1) is 15.6. The van der Waals surface area contributed by atoms with Crippen LogP contribution >= 0.6 is 15.9 Å². The van der Waals surface area contributed by atoms with Crippen LogP contribution in [0.5, 0.6) is 11.5 Å². The lowest BCUT2D eigenvalue weighted by atomic mass is 10.1. The van der Waals surface area contributed by atoms with Crippen molar-refractivity contribution in [3.63, 3.8) is 0 Å². The summed E-state index contributed by atoms with van der Waals surface area (Å²) in [6, 6.07) is 13.4. The number of aryl methyl sites for hydroxylation is 1. The molecule has 2 aromatic rings. The number of carbonyl (C=O) groups excluding carboxylic acids is 1. The van der Waals surface area contributed by atoms with Crippen LogP contribution in [0, 0.1) is 6.92 Å². The number of rotatable bonds is 6. The van der Waals surface area contributed by atoms with Gasteiger partial charge in [-0.1, -0.05) is 45.8 Å². The number of alkyl halides is 1. The van der Waals surface area contributed by atoms with E-state index in [1.165, 1.54) is 5.56 Å². The molecule has 3 nitrogen and oxygen atoms in total. The Kier molecular flexibility index (Phi) is 5.39. The van der Waals surface area contributed by atoms with E-state index in [-0.39, 0.29) is 11.1 Å². The third-order valence-corrected chi connectivity index (χ3v) is 3.63. The van der Waals surface area contributed by atoms with Gasteiger partial charge < -0.3 is 9.47 Å². The summed E-state index contributed by atoms with van der Waals surface area (Å²) in [7, 11) is 1.55. The number of ketones is 1. The molecule has 0 fully saturated rings. The van der Waals surface area contributed by atoms with Crippen molar-refractivity contribution >= 4 is 21.7 Å². The van der Waals surface area contributed by atoms with E-state index in [2.05, 4.69) is 35.0 Å². The molecule has 21 heavy (non-hydrogen) atoms. The highest BCUT2D eigenvalue weighted by Crippen LogP contribution is 2.26. The zero-order valence-corrected chi connectivity index (χ0v) is 13.6. The SMILES string of the molecule is COc1cc(OCc2ccc(C)cc2)ccc1C(=O)CBr. The Morgan fingerprint density at radius 1 is 1.14 bits per heavy atom. The summed E-state index contributed by atoms with van der Waals surface area (Å²) in [6.07, 6.45) is 0. The molecule has 0 aliphatic rings. The summed E-state index contributed by atoms with van der Waals surface area (Å²) in [5, 5.41) is 0.271. The lowest BCUT2D eigenvalue weighted by molar-refractivity contribution is 0.102. The van der Waals surface area contributed by atoms with Gasteiger partial charge in [0.1, 0.15) is 18.1 Å². The predicted molar refractivity (Wildman–Crippen MR) is 86.6 cm³/mol. The fourth-order valence-electron chi connectivity index (χ4n) is 1.91. The Bertz CT molecular complexity index is 620. The summed E-state index contributed by atoms with van der Waals surface area (Å²) in [6.45, 7) is 2.53. The molecule has 0 aliphatic heterocycles. The van der Waals surface area contributed by atoms with E-state index in [4.69, 9.17) is 9.47 Å². The summed E-state index contributed by atoms with van der Waals surface area (Å²) < 4.78 is 11.0. The van der Waals surface area contributed by atoms with Crippen LogP contribution in [0.3, 0.4) is 0 Å². The fourth-order valence-corrected chi connectivity index (χ4v) is 2.22. The van der Waals surface area contributed by atoms with E-state index in [0.29, 0.717) is 23.7 Å². The summed E-state index contributed by atoms with van der Waals surface area (Å²) in [4.78, 5) is 11.7. The molecule has 0 atom stereocenters. The van der Waals surface area contributed by atoms with Crippen molar-refractivity contribution in [2.75, 3.05) is 12.4 Å². The third kappa shape index (κ3) is 4.08. The first-order chi connectivity index (χ1) is 10.1. The van der Waals surface area contributed by atoms with Gasteiger partial charge in [-0.25, -0.2) is 0 Å². The molecule has 0 saturated carbocycles. The topological polar surface area (TPSA) is 35.5 Å². The molecule has 0 bridgehead atoms. The summed E-state index contributed by atoms with van der Waals surface area (Å²) >= 11 is 3.16. The monoisotopic (exact) mass is 348 g/mol. The molecule has 0 unspecified atom stereocenters. The molecule has 0 spiro atoms. The first-order valence-corrected chi connectivity index (χ1v) is 7.71. The van der Waals surface area contributed by atoms with Gasteiger partial charge in [-0.05, 0) is 24.6 Å². The second kappa shape index (κ2) is 7.27.